The van der Waals surface area contributed by atoms with Crippen molar-refractivity contribution in [1.82, 2.24) is 25.5 Å². The number of anilines is 1. The summed E-state index contributed by atoms with van der Waals surface area (Å²) >= 11 is 0. The molecular formula is C16H13FN6O3. The van der Waals surface area contributed by atoms with Gasteiger partial charge in [-0.25, -0.2) is 9.18 Å². The van der Waals surface area contributed by atoms with Gasteiger partial charge in [0.1, 0.15) is 5.82 Å². The first-order chi connectivity index (χ1) is 12.7. The van der Waals surface area contributed by atoms with E-state index in [-0.39, 0.29) is 13.3 Å². The molecule has 0 fully saturated rings. The van der Waals surface area contributed by atoms with Gasteiger partial charge in [0.25, 0.3) is 0 Å². The number of hydrogen-bond donors (Lipinski definition) is 2. The number of carbonyl (C=O) groups is 1. The summed E-state index contributed by atoms with van der Waals surface area (Å²) in [6, 6.07) is 10.5. The molecule has 2 heterocycles. The third kappa shape index (κ3) is 3.24. The molecule has 1 aromatic heterocycles. The lowest BCUT2D eigenvalue weighted by molar-refractivity contribution is 0.174. The van der Waals surface area contributed by atoms with Gasteiger partial charge in [-0.1, -0.05) is 6.07 Å². The smallest absolute Gasteiger partial charge is 0.319 e. The van der Waals surface area contributed by atoms with Crippen LogP contribution in [0.4, 0.5) is 14.9 Å². The summed E-state index contributed by atoms with van der Waals surface area (Å²) in [5.74, 6) is 1.15. The van der Waals surface area contributed by atoms with Crippen LogP contribution in [0, 0.1) is 5.82 Å². The van der Waals surface area contributed by atoms with Crippen LogP contribution in [-0.2, 0) is 6.54 Å². The van der Waals surface area contributed by atoms with Gasteiger partial charge in [0.15, 0.2) is 17.3 Å². The number of carbonyl (C=O) groups excluding carboxylic acids is 1. The molecule has 4 rings (SSSR count). The number of benzene rings is 2. The first kappa shape index (κ1) is 15.8. The van der Waals surface area contributed by atoms with Crippen molar-refractivity contribution in [3.63, 3.8) is 0 Å². The van der Waals surface area contributed by atoms with Gasteiger partial charge < -0.3 is 20.1 Å². The van der Waals surface area contributed by atoms with Crippen molar-refractivity contribution in [3.8, 4) is 17.2 Å². The number of aromatic nitrogens is 4. The van der Waals surface area contributed by atoms with E-state index in [4.69, 9.17) is 9.47 Å². The number of ether oxygens (including phenoxy) is 2. The summed E-state index contributed by atoms with van der Waals surface area (Å²) in [5, 5.41) is 16.6. The van der Waals surface area contributed by atoms with E-state index in [0.29, 0.717) is 28.7 Å². The zero-order valence-electron chi connectivity index (χ0n) is 13.3. The first-order valence-electron chi connectivity index (χ1n) is 7.67. The second-order valence-electron chi connectivity index (χ2n) is 5.36. The molecule has 0 saturated carbocycles. The zero-order chi connectivity index (χ0) is 17.9. The van der Waals surface area contributed by atoms with Crippen molar-refractivity contribution in [2.45, 2.75) is 6.54 Å². The Labute approximate surface area is 146 Å². The Kier molecular flexibility index (Phi) is 4.06. The van der Waals surface area contributed by atoms with Gasteiger partial charge in [0.2, 0.25) is 6.79 Å². The fourth-order valence-corrected chi connectivity index (χ4v) is 2.43. The van der Waals surface area contributed by atoms with Crippen LogP contribution in [-0.4, -0.2) is 33.0 Å². The number of amides is 2. The predicted molar refractivity (Wildman–Crippen MR) is 87.5 cm³/mol. The fraction of sp³-hybridized carbons (Fsp3) is 0.125. The molecule has 3 aromatic rings. The van der Waals surface area contributed by atoms with Crippen molar-refractivity contribution < 1.29 is 18.7 Å². The number of nitrogens with one attached hydrogen (secondary N) is 2. The Morgan fingerprint density at radius 1 is 1.19 bits per heavy atom. The summed E-state index contributed by atoms with van der Waals surface area (Å²) in [6.45, 7) is 0.216. The van der Waals surface area contributed by atoms with Crippen LogP contribution >= 0.6 is 0 Å². The molecule has 0 spiro atoms. The minimum Gasteiger partial charge on any atom is -0.454 e. The second kappa shape index (κ2) is 6.67. The van der Waals surface area contributed by atoms with Crippen LogP contribution in [0.2, 0.25) is 0 Å². The highest BCUT2D eigenvalue weighted by molar-refractivity contribution is 5.89. The van der Waals surface area contributed by atoms with Crippen molar-refractivity contribution >= 4 is 11.7 Å². The normalized spacial score (nSPS) is 12.0. The van der Waals surface area contributed by atoms with E-state index in [2.05, 4.69) is 26.2 Å². The van der Waals surface area contributed by atoms with Crippen LogP contribution in [0.5, 0.6) is 11.5 Å². The van der Waals surface area contributed by atoms with Crippen LogP contribution in [0.15, 0.2) is 42.5 Å². The zero-order valence-corrected chi connectivity index (χ0v) is 13.3. The number of tetrazole rings is 1. The fourth-order valence-electron chi connectivity index (χ4n) is 2.43. The molecule has 0 unspecified atom stereocenters. The highest BCUT2D eigenvalue weighted by atomic mass is 19.1. The number of halogens is 1. The molecule has 0 aliphatic carbocycles. The molecule has 132 valence electrons. The molecule has 0 radical (unpaired) electrons. The summed E-state index contributed by atoms with van der Waals surface area (Å²) in [4.78, 5) is 12.1. The van der Waals surface area contributed by atoms with Gasteiger partial charge in [-0.2, -0.15) is 4.68 Å². The highest BCUT2D eigenvalue weighted by Crippen LogP contribution is 2.34. The summed E-state index contributed by atoms with van der Waals surface area (Å²) in [6.07, 6.45) is 0. The predicted octanol–water partition coefficient (Wildman–Crippen LogP) is 1.85. The van der Waals surface area contributed by atoms with E-state index in [0.717, 1.165) is 0 Å². The van der Waals surface area contributed by atoms with Crippen LogP contribution in [0.1, 0.15) is 5.82 Å². The van der Waals surface area contributed by atoms with Gasteiger partial charge in [0, 0.05) is 11.8 Å². The minimum absolute atomic E-state index is 0.0555. The molecule has 9 nitrogen and oxygen atoms in total. The summed E-state index contributed by atoms with van der Waals surface area (Å²) < 4.78 is 25.2. The van der Waals surface area contributed by atoms with Gasteiger partial charge in [-0.15, -0.1) is 5.10 Å². The van der Waals surface area contributed by atoms with E-state index in [9.17, 15) is 9.18 Å². The lowest BCUT2D eigenvalue weighted by Gasteiger charge is -2.08. The Morgan fingerprint density at radius 3 is 2.96 bits per heavy atom. The maximum atomic E-state index is 13.4. The lowest BCUT2D eigenvalue weighted by Crippen LogP contribution is -2.29. The average Bonchev–Trinajstić information content (AvgIpc) is 3.28. The Hall–Kier alpha value is -3.69. The van der Waals surface area contributed by atoms with E-state index >= 15 is 0 Å². The Bertz CT molecular complexity index is 961. The standard InChI is InChI=1S/C16H13FN6O3/c17-10-2-1-3-12(6-10)23-15(20-21-22-23)8-18-16(24)19-11-4-5-13-14(7-11)26-9-25-13/h1-7H,8-9H2,(H2,18,19,24). The number of fused-ring (bicyclic) bond motifs is 1. The molecule has 2 aromatic carbocycles. The van der Waals surface area contributed by atoms with Crippen molar-refractivity contribution in [3.05, 3.63) is 54.1 Å². The topological polar surface area (TPSA) is 103 Å². The van der Waals surface area contributed by atoms with Crippen molar-refractivity contribution in [2.24, 2.45) is 0 Å². The third-order valence-electron chi connectivity index (χ3n) is 3.62. The summed E-state index contributed by atoms with van der Waals surface area (Å²) in [5.41, 5.74) is 1.01. The van der Waals surface area contributed by atoms with Crippen molar-refractivity contribution in [2.75, 3.05) is 12.1 Å². The van der Waals surface area contributed by atoms with Crippen molar-refractivity contribution in [1.29, 1.82) is 0 Å². The molecule has 10 heteroatoms. The molecule has 0 saturated heterocycles. The molecule has 0 bridgehead atoms. The molecule has 2 amide bonds. The maximum Gasteiger partial charge on any atom is 0.319 e. The Morgan fingerprint density at radius 2 is 2.08 bits per heavy atom. The van der Waals surface area contributed by atoms with Gasteiger partial charge in [0.05, 0.1) is 12.2 Å². The SMILES string of the molecule is O=C(NCc1nnnn1-c1cccc(F)c1)Nc1ccc2c(c1)OCO2. The van der Waals surface area contributed by atoms with Crippen LogP contribution in [0.3, 0.4) is 0 Å². The lowest BCUT2D eigenvalue weighted by atomic mass is 10.3. The van der Waals surface area contributed by atoms with Gasteiger partial charge in [-0.05, 0) is 40.8 Å². The molecule has 0 atom stereocenters. The number of rotatable bonds is 4. The second-order valence-corrected chi connectivity index (χ2v) is 5.36. The molecular weight excluding hydrogens is 343 g/mol. The van der Waals surface area contributed by atoms with Crippen LogP contribution in [0.25, 0.3) is 5.69 Å². The summed E-state index contributed by atoms with van der Waals surface area (Å²) in [7, 11) is 0. The van der Waals surface area contributed by atoms with Gasteiger partial charge in [-0.3, -0.25) is 0 Å². The van der Waals surface area contributed by atoms with E-state index < -0.39 is 11.8 Å². The van der Waals surface area contributed by atoms with E-state index in [1.807, 2.05) is 0 Å². The number of urea groups is 1. The molecule has 26 heavy (non-hydrogen) atoms. The monoisotopic (exact) mass is 356 g/mol. The number of hydrogen-bond acceptors (Lipinski definition) is 6. The maximum absolute atomic E-state index is 13.4. The molecule has 1 aliphatic heterocycles. The third-order valence-corrected chi connectivity index (χ3v) is 3.62. The first-order valence-corrected chi connectivity index (χ1v) is 7.67. The highest BCUT2D eigenvalue weighted by Gasteiger charge is 2.15. The number of nitrogens with zero attached hydrogens (tertiary/aromatic N) is 4. The van der Waals surface area contributed by atoms with E-state index in [1.54, 1.807) is 30.3 Å². The largest absolute Gasteiger partial charge is 0.454 e. The van der Waals surface area contributed by atoms with Gasteiger partial charge >= 0.3 is 6.03 Å². The van der Waals surface area contributed by atoms with Crippen LogP contribution < -0.4 is 20.1 Å². The Balaban J connectivity index is 1.40. The quantitative estimate of drug-likeness (QED) is 0.739. The average molecular weight is 356 g/mol. The molecule has 1 aliphatic rings. The minimum atomic E-state index is -0.447. The molecule has 2 N–H and O–H groups in total. The van der Waals surface area contributed by atoms with E-state index in [1.165, 1.54) is 16.8 Å².